The summed E-state index contributed by atoms with van der Waals surface area (Å²) in [7, 11) is 1.64. The van der Waals surface area contributed by atoms with Gasteiger partial charge in [-0.25, -0.2) is 4.98 Å². The van der Waals surface area contributed by atoms with Crippen LogP contribution in [0.15, 0.2) is 18.3 Å². The minimum Gasteiger partial charge on any atom is -0.481 e. The van der Waals surface area contributed by atoms with Gasteiger partial charge in [-0.2, -0.15) is 0 Å². The van der Waals surface area contributed by atoms with Crippen molar-refractivity contribution in [1.82, 2.24) is 9.88 Å². The average molecular weight is 251 g/mol. The van der Waals surface area contributed by atoms with Gasteiger partial charge in [0.2, 0.25) is 5.88 Å². The quantitative estimate of drug-likeness (QED) is 0.849. The van der Waals surface area contributed by atoms with E-state index in [-0.39, 0.29) is 6.61 Å². The molecule has 1 N–H and O–H groups in total. The van der Waals surface area contributed by atoms with Gasteiger partial charge < -0.3 is 14.7 Å². The molecule has 0 atom stereocenters. The van der Waals surface area contributed by atoms with Crippen LogP contribution in [0.5, 0.6) is 5.88 Å². The summed E-state index contributed by atoms with van der Waals surface area (Å²) in [5, 5.41) is 8.98. The maximum atomic E-state index is 8.98. The summed E-state index contributed by atoms with van der Waals surface area (Å²) in [4.78, 5) is 8.78. The Kier molecular flexibility index (Phi) is 4.78. The van der Waals surface area contributed by atoms with E-state index in [1.165, 1.54) is 0 Å². The standard InChI is InChI=1S/C13H21N3O2/c1-18-13-11-12(3-4-14-13)16-6-2-5-15(7-8-16)9-10-17/h3-4,11,17H,2,5-10H2,1H3. The highest BCUT2D eigenvalue weighted by Gasteiger charge is 2.15. The van der Waals surface area contributed by atoms with Crippen LogP contribution in [0.3, 0.4) is 0 Å². The molecule has 2 rings (SSSR count). The van der Waals surface area contributed by atoms with E-state index in [4.69, 9.17) is 9.84 Å². The van der Waals surface area contributed by atoms with Crippen LogP contribution < -0.4 is 9.64 Å². The van der Waals surface area contributed by atoms with Gasteiger partial charge in [-0.1, -0.05) is 0 Å². The Morgan fingerprint density at radius 2 is 2.22 bits per heavy atom. The van der Waals surface area contributed by atoms with Crippen LogP contribution in [-0.2, 0) is 0 Å². The van der Waals surface area contributed by atoms with E-state index >= 15 is 0 Å². The molecule has 100 valence electrons. The summed E-state index contributed by atoms with van der Waals surface area (Å²) < 4.78 is 5.16. The molecule has 1 fully saturated rings. The number of hydrogen-bond donors (Lipinski definition) is 1. The first-order chi connectivity index (χ1) is 8.83. The molecule has 0 amide bonds. The number of aliphatic hydroxyl groups excluding tert-OH is 1. The van der Waals surface area contributed by atoms with Crippen molar-refractivity contribution in [2.45, 2.75) is 6.42 Å². The highest BCUT2D eigenvalue weighted by Crippen LogP contribution is 2.19. The molecule has 1 aliphatic heterocycles. The van der Waals surface area contributed by atoms with Gasteiger partial charge in [-0.3, -0.25) is 4.90 Å². The molecule has 0 spiro atoms. The Bertz CT molecular complexity index is 373. The third-order valence-corrected chi connectivity index (χ3v) is 3.30. The fourth-order valence-electron chi connectivity index (χ4n) is 2.30. The van der Waals surface area contributed by atoms with Gasteiger partial charge in [0, 0.05) is 44.1 Å². The summed E-state index contributed by atoms with van der Waals surface area (Å²) in [5.41, 5.74) is 1.16. The highest BCUT2D eigenvalue weighted by atomic mass is 16.5. The third kappa shape index (κ3) is 3.34. The van der Waals surface area contributed by atoms with Crippen molar-refractivity contribution in [2.75, 3.05) is 51.3 Å². The van der Waals surface area contributed by atoms with Gasteiger partial charge in [0.15, 0.2) is 0 Å². The minimum absolute atomic E-state index is 0.239. The van der Waals surface area contributed by atoms with Crippen LogP contribution in [0.4, 0.5) is 5.69 Å². The van der Waals surface area contributed by atoms with Gasteiger partial charge in [-0.05, 0) is 19.0 Å². The van der Waals surface area contributed by atoms with Crippen LogP contribution in [0, 0.1) is 0 Å². The average Bonchev–Trinajstić information content (AvgIpc) is 2.65. The lowest BCUT2D eigenvalue weighted by Gasteiger charge is -2.23. The fourth-order valence-corrected chi connectivity index (χ4v) is 2.30. The maximum absolute atomic E-state index is 8.98. The van der Waals surface area contributed by atoms with Crippen molar-refractivity contribution in [1.29, 1.82) is 0 Å². The normalized spacial score (nSPS) is 17.6. The first-order valence-electron chi connectivity index (χ1n) is 6.41. The van der Waals surface area contributed by atoms with Crippen molar-refractivity contribution < 1.29 is 9.84 Å². The Morgan fingerprint density at radius 3 is 3.00 bits per heavy atom. The largest absolute Gasteiger partial charge is 0.481 e. The topological polar surface area (TPSA) is 48.8 Å². The van der Waals surface area contributed by atoms with E-state index in [9.17, 15) is 0 Å². The zero-order valence-electron chi connectivity index (χ0n) is 10.9. The third-order valence-electron chi connectivity index (χ3n) is 3.30. The van der Waals surface area contributed by atoms with Gasteiger partial charge in [0.1, 0.15) is 0 Å². The summed E-state index contributed by atoms with van der Waals surface area (Å²) in [6.45, 7) is 5.07. The second-order valence-electron chi connectivity index (χ2n) is 4.46. The number of β-amino-alcohol motifs (C(OH)–C–C–N with tert-alkyl or cyclic N) is 1. The molecule has 0 aromatic carbocycles. The Labute approximate surface area is 108 Å². The molecule has 1 aromatic rings. The highest BCUT2D eigenvalue weighted by molar-refractivity contribution is 5.48. The van der Waals surface area contributed by atoms with E-state index < -0.39 is 0 Å². The number of rotatable bonds is 4. The first-order valence-corrected chi connectivity index (χ1v) is 6.41. The van der Waals surface area contributed by atoms with Crippen molar-refractivity contribution >= 4 is 5.69 Å². The van der Waals surface area contributed by atoms with E-state index in [2.05, 4.69) is 14.8 Å². The summed E-state index contributed by atoms with van der Waals surface area (Å²) in [5.74, 6) is 0.656. The maximum Gasteiger partial charge on any atom is 0.214 e. The van der Waals surface area contributed by atoms with Crippen molar-refractivity contribution in [3.05, 3.63) is 18.3 Å². The van der Waals surface area contributed by atoms with E-state index in [1.54, 1.807) is 13.3 Å². The summed E-state index contributed by atoms with van der Waals surface area (Å²) in [6, 6.07) is 3.99. The number of pyridine rings is 1. The number of methoxy groups -OCH3 is 1. The second-order valence-corrected chi connectivity index (χ2v) is 4.46. The molecule has 5 nitrogen and oxygen atoms in total. The van der Waals surface area contributed by atoms with Crippen LogP contribution in [-0.4, -0.2) is 61.4 Å². The van der Waals surface area contributed by atoms with Gasteiger partial charge in [-0.15, -0.1) is 0 Å². The van der Waals surface area contributed by atoms with Crippen molar-refractivity contribution in [3.8, 4) is 5.88 Å². The van der Waals surface area contributed by atoms with Gasteiger partial charge in [0.05, 0.1) is 13.7 Å². The van der Waals surface area contributed by atoms with Crippen LogP contribution in [0.25, 0.3) is 0 Å². The molecule has 0 radical (unpaired) electrons. The number of nitrogens with zero attached hydrogens (tertiary/aromatic N) is 3. The van der Waals surface area contributed by atoms with Gasteiger partial charge in [0.25, 0.3) is 0 Å². The molecule has 1 aromatic heterocycles. The number of hydrogen-bond acceptors (Lipinski definition) is 5. The lowest BCUT2D eigenvalue weighted by molar-refractivity contribution is 0.204. The predicted octanol–water partition coefficient (Wildman–Crippen LogP) is 0.595. The summed E-state index contributed by atoms with van der Waals surface area (Å²) >= 11 is 0. The molecule has 0 unspecified atom stereocenters. The lowest BCUT2D eigenvalue weighted by Crippen LogP contribution is -2.32. The van der Waals surface area contributed by atoms with Crippen LogP contribution in [0.1, 0.15) is 6.42 Å². The van der Waals surface area contributed by atoms with E-state index in [0.29, 0.717) is 5.88 Å². The Balaban J connectivity index is 2.00. The zero-order chi connectivity index (χ0) is 12.8. The molecule has 18 heavy (non-hydrogen) atoms. The smallest absolute Gasteiger partial charge is 0.214 e. The molecule has 1 aliphatic rings. The zero-order valence-corrected chi connectivity index (χ0v) is 10.9. The Morgan fingerprint density at radius 1 is 1.33 bits per heavy atom. The number of aromatic nitrogens is 1. The van der Waals surface area contributed by atoms with E-state index in [1.807, 2.05) is 12.1 Å². The fraction of sp³-hybridized carbons (Fsp3) is 0.615. The molecule has 0 aliphatic carbocycles. The minimum atomic E-state index is 0.239. The number of ether oxygens (including phenoxy) is 1. The molecule has 5 heteroatoms. The van der Waals surface area contributed by atoms with Crippen LogP contribution in [0.2, 0.25) is 0 Å². The summed E-state index contributed by atoms with van der Waals surface area (Å²) in [6.07, 6.45) is 2.90. The van der Waals surface area contributed by atoms with E-state index in [0.717, 1.165) is 44.8 Å². The lowest BCUT2D eigenvalue weighted by atomic mass is 10.3. The molecular weight excluding hydrogens is 230 g/mol. The Hall–Kier alpha value is -1.33. The van der Waals surface area contributed by atoms with Crippen LogP contribution >= 0.6 is 0 Å². The monoisotopic (exact) mass is 251 g/mol. The first kappa shape index (κ1) is 13.1. The SMILES string of the molecule is COc1cc(N2CCCN(CCO)CC2)ccn1. The van der Waals surface area contributed by atoms with Gasteiger partial charge >= 0.3 is 0 Å². The van der Waals surface area contributed by atoms with Crippen molar-refractivity contribution in [2.24, 2.45) is 0 Å². The predicted molar refractivity (Wildman–Crippen MR) is 71.1 cm³/mol. The molecule has 0 bridgehead atoms. The molecule has 1 saturated heterocycles. The number of aliphatic hydroxyl groups is 1. The van der Waals surface area contributed by atoms with Crippen molar-refractivity contribution in [3.63, 3.8) is 0 Å². The molecular formula is C13H21N3O2. The number of anilines is 1. The molecule has 0 saturated carbocycles. The second kappa shape index (κ2) is 6.56. The molecule has 2 heterocycles.